The van der Waals surface area contributed by atoms with Gasteiger partial charge in [0, 0.05) is 12.1 Å². The molecule has 0 saturated carbocycles. The molecule has 0 bridgehead atoms. The second-order valence-corrected chi connectivity index (χ2v) is 5.65. The van der Waals surface area contributed by atoms with E-state index in [1.165, 1.54) is 12.8 Å². The third-order valence-electron chi connectivity index (χ3n) is 3.83. The average molecular weight is 327 g/mol. The molecule has 0 radical (unpaired) electrons. The molecule has 0 aromatic heterocycles. The number of nitrogens with one attached hydrogen (secondary N) is 2. The number of carbonyl (C=O) groups excluding carboxylic acids is 1. The van der Waals surface area contributed by atoms with Gasteiger partial charge in [0.05, 0.1) is 6.61 Å². The number of rotatable bonds is 7. The maximum absolute atomic E-state index is 12.1. The van der Waals surface area contributed by atoms with Gasteiger partial charge in [-0.1, -0.05) is 13.3 Å². The smallest absolute Gasteiger partial charge is 0.251 e. The van der Waals surface area contributed by atoms with Gasteiger partial charge in [0.1, 0.15) is 5.75 Å². The summed E-state index contributed by atoms with van der Waals surface area (Å²) in [7, 11) is 0. The fourth-order valence-electron chi connectivity index (χ4n) is 2.47. The Morgan fingerprint density at radius 2 is 2.14 bits per heavy atom. The summed E-state index contributed by atoms with van der Waals surface area (Å²) in [6.45, 7) is 5.73. The molecule has 1 heterocycles. The standard InChI is InChI=1S/C17H26N2O2.ClH/c1-2-3-11-21-16-8-6-15(7-9-16)17(20)19-13-14-5-4-10-18-12-14;/h6-9,14,18H,2-5,10-13H2,1H3,(H,19,20);1H. The van der Waals surface area contributed by atoms with Crippen molar-refractivity contribution in [2.75, 3.05) is 26.2 Å². The molecule has 2 rings (SSSR count). The van der Waals surface area contributed by atoms with E-state index in [1.807, 2.05) is 24.3 Å². The fourth-order valence-corrected chi connectivity index (χ4v) is 2.47. The maximum atomic E-state index is 12.1. The van der Waals surface area contributed by atoms with E-state index in [1.54, 1.807) is 0 Å². The summed E-state index contributed by atoms with van der Waals surface area (Å²) in [5.41, 5.74) is 0.696. The first-order valence-corrected chi connectivity index (χ1v) is 8.01. The number of benzene rings is 1. The van der Waals surface area contributed by atoms with Gasteiger partial charge in [0.2, 0.25) is 0 Å². The lowest BCUT2D eigenvalue weighted by Crippen LogP contribution is -2.38. The summed E-state index contributed by atoms with van der Waals surface area (Å²) < 4.78 is 5.60. The van der Waals surface area contributed by atoms with E-state index in [4.69, 9.17) is 4.74 Å². The van der Waals surface area contributed by atoms with Crippen molar-refractivity contribution in [3.8, 4) is 5.75 Å². The topological polar surface area (TPSA) is 50.4 Å². The number of halogens is 1. The molecule has 1 aliphatic rings. The van der Waals surface area contributed by atoms with Crippen LogP contribution in [0.2, 0.25) is 0 Å². The second-order valence-electron chi connectivity index (χ2n) is 5.65. The van der Waals surface area contributed by atoms with Gasteiger partial charge in [-0.05, 0) is 62.5 Å². The van der Waals surface area contributed by atoms with Crippen LogP contribution in [0.25, 0.3) is 0 Å². The molecule has 1 fully saturated rings. The van der Waals surface area contributed by atoms with Crippen molar-refractivity contribution in [1.82, 2.24) is 10.6 Å². The van der Waals surface area contributed by atoms with Gasteiger partial charge in [-0.25, -0.2) is 0 Å². The predicted molar refractivity (Wildman–Crippen MR) is 92.0 cm³/mol. The molecule has 1 atom stereocenters. The molecule has 0 spiro atoms. The highest BCUT2D eigenvalue weighted by Crippen LogP contribution is 2.13. The molecule has 124 valence electrons. The minimum atomic E-state index is 0. The quantitative estimate of drug-likeness (QED) is 0.757. The Labute approximate surface area is 139 Å². The Morgan fingerprint density at radius 1 is 1.36 bits per heavy atom. The monoisotopic (exact) mass is 326 g/mol. The van der Waals surface area contributed by atoms with Gasteiger partial charge >= 0.3 is 0 Å². The Balaban J connectivity index is 0.00000242. The van der Waals surface area contributed by atoms with Crippen LogP contribution >= 0.6 is 12.4 Å². The van der Waals surface area contributed by atoms with Gasteiger partial charge in [0.25, 0.3) is 5.91 Å². The van der Waals surface area contributed by atoms with E-state index in [2.05, 4.69) is 17.6 Å². The molecule has 0 aliphatic carbocycles. The zero-order chi connectivity index (χ0) is 14.9. The molecule has 1 saturated heterocycles. The highest BCUT2D eigenvalue weighted by molar-refractivity contribution is 5.94. The van der Waals surface area contributed by atoms with Gasteiger partial charge in [-0.3, -0.25) is 4.79 Å². The summed E-state index contributed by atoms with van der Waals surface area (Å²) in [5.74, 6) is 1.39. The Hall–Kier alpha value is -1.26. The summed E-state index contributed by atoms with van der Waals surface area (Å²) in [6.07, 6.45) is 4.57. The van der Waals surface area contributed by atoms with Gasteiger partial charge in [-0.2, -0.15) is 0 Å². The molecule has 5 heteroatoms. The van der Waals surface area contributed by atoms with Crippen molar-refractivity contribution < 1.29 is 9.53 Å². The first kappa shape index (κ1) is 18.8. The van der Waals surface area contributed by atoms with E-state index in [0.717, 1.165) is 44.8 Å². The maximum Gasteiger partial charge on any atom is 0.251 e. The molecule has 1 amide bonds. The molecule has 22 heavy (non-hydrogen) atoms. The number of unbranched alkanes of at least 4 members (excludes halogenated alkanes) is 1. The van der Waals surface area contributed by atoms with E-state index in [-0.39, 0.29) is 18.3 Å². The Bertz CT molecular complexity index is 431. The highest BCUT2D eigenvalue weighted by Gasteiger charge is 2.14. The van der Waals surface area contributed by atoms with Crippen molar-refractivity contribution in [3.05, 3.63) is 29.8 Å². The van der Waals surface area contributed by atoms with Crippen molar-refractivity contribution in [2.24, 2.45) is 5.92 Å². The SMILES string of the molecule is CCCCOc1ccc(C(=O)NCC2CCCNC2)cc1.Cl. The van der Waals surface area contributed by atoms with Crippen molar-refractivity contribution in [2.45, 2.75) is 32.6 Å². The number of amides is 1. The van der Waals surface area contributed by atoms with Crippen LogP contribution in [0.3, 0.4) is 0 Å². The van der Waals surface area contributed by atoms with Crippen LogP contribution in [0.15, 0.2) is 24.3 Å². The minimum absolute atomic E-state index is 0. The lowest BCUT2D eigenvalue weighted by molar-refractivity contribution is 0.0945. The third-order valence-corrected chi connectivity index (χ3v) is 3.83. The largest absolute Gasteiger partial charge is 0.494 e. The number of carbonyl (C=O) groups is 1. The van der Waals surface area contributed by atoms with E-state index in [9.17, 15) is 4.79 Å². The molecular weight excluding hydrogens is 300 g/mol. The Kier molecular flexibility index (Phi) is 8.94. The lowest BCUT2D eigenvalue weighted by Gasteiger charge is -2.22. The van der Waals surface area contributed by atoms with Gasteiger partial charge < -0.3 is 15.4 Å². The van der Waals surface area contributed by atoms with Crippen LogP contribution in [0.4, 0.5) is 0 Å². The molecule has 4 nitrogen and oxygen atoms in total. The van der Waals surface area contributed by atoms with Crippen molar-refractivity contribution in [3.63, 3.8) is 0 Å². The van der Waals surface area contributed by atoms with E-state index >= 15 is 0 Å². The molecule has 1 aromatic carbocycles. The van der Waals surface area contributed by atoms with Gasteiger partial charge in [-0.15, -0.1) is 12.4 Å². The van der Waals surface area contributed by atoms with Crippen LogP contribution in [0.1, 0.15) is 43.0 Å². The average Bonchev–Trinajstić information content (AvgIpc) is 2.54. The Morgan fingerprint density at radius 3 is 2.77 bits per heavy atom. The number of hydrogen-bond donors (Lipinski definition) is 2. The molecule has 1 unspecified atom stereocenters. The summed E-state index contributed by atoms with van der Waals surface area (Å²) in [4.78, 5) is 12.1. The zero-order valence-electron chi connectivity index (χ0n) is 13.3. The highest BCUT2D eigenvalue weighted by atomic mass is 35.5. The number of hydrogen-bond acceptors (Lipinski definition) is 3. The zero-order valence-corrected chi connectivity index (χ0v) is 14.1. The molecular formula is C17H27ClN2O2. The first-order chi connectivity index (χ1) is 10.3. The van der Waals surface area contributed by atoms with E-state index < -0.39 is 0 Å². The van der Waals surface area contributed by atoms with Crippen LogP contribution in [0.5, 0.6) is 5.75 Å². The van der Waals surface area contributed by atoms with Gasteiger partial charge in [0.15, 0.2) is 0 Å². The van der Waals surface area contributed by atoms with Crippen LogP contribution < -0.4 is 15.4 Å². The van der Waals surface area contributed by atoms with Crippen LogP contribution in [-0.2, 0) is 0 Å². The predicted octanol–water partition coefficient (Wildman–Crippen LogP) is 3.02. The molecule has 2 N–H and O–H groups in total. The number of ether oxygens (including phenoxy) is 1. The van der Waals surface area contributed by atoms with Crippen molar-refractivity contribution in [1.29, 1.82) is 0 Å². The number of piperidine rings is 1. The van der Waals surface area contributed by atoms with E-state index in [0.29, 0.717) is 11.5 Å². The fraction of sp³-hybridized carbons (Fsp3) is 0.588. The summed E-state index contributed by atoms with van der Waals surface area (Å²) >= 11 is 0. The summed E-state index contributed by atoms with van der Waals surface area (Å²) in [6, 6.07) is 7.39. The van der Waals surface area contributed by atoms with Crippen LogP contribution in [-0.4, -0.2) is 32.1 Å². The van der Waals surface area contributed by atoms with Crippen molar-refractivity contribution >= 4 is 18.3 Å². The normalized spacial score (nSPS) is 17.4. The molecule has 1 aromatic rings. The third kappa shape index (κ3) is 6.24. The second kappa shape index (κ2) is 10.5. The lowest BCUT2D eigenvalue weighted by atomic mass is 10.00. The van der Waals surface area contributed by atoms with Crippen LogP contribution in [0, 0.1) is 5.92 Å². The minimum Gasteiger partial charge on any atom is -0.494 e. The first-order valence-electron chi connectivity index (χ1n) is 8.01. The molecule has 1 aliphatic heterocycles. The summed E-state index contributed by atoms with van der Waals surface area (Å²) in [5, 5.41) is 6.38.